The maximum absolute atomic E-state index is 11.4. The van der Waals surface area contributed by atoms with Gasteiger partial charge in [-0.25, -0.2) is 0 Å². The molecule has 0 heterocycles. The SMILES string of the molecule is N[C@@H](CO)C(=O)N[C@@H]1C[C@H]1c1ccccc1. The van der Waals surface area contributed by atoms with Crippen LogP contribution in [0.5, 0.6) is 0 Å². The van der Waals surface area contributed by atoms with Crippen molar-refractivity contribution >= 4 is 5.91 Å². The molecule has 0 radical (unpaired) electrons. The zero-order valence-corrected chi connectivity index (χ0v) is 8.97. The molecule has 0 aliphatic heterocycles. The molecule has 0 bridgehead atoms. The molecule has 16 heavy (non-hydrogen) atoms. The van der Waals surface area contributed by atoms with Crippen LogP contribution in [0.4, 0.5) is 0 Å². The summed E-state index contributed by atoms with van der Waals surface area (Å²) in [5.41, 5.74) is 6.66. The summed E-state index contributed by atoms with van der Waals surface area (Å²) in [4.78, 5) is 11.4. The first-order chi connectivity index (χ1) is 7.72. The summed E-state index contributed by atoms with van der Waals surface area (Å²) >= 11 is 0. The number of carbonyl (C=O) groups excluding carboxylic acids is 1. The number of nitrogens with one attached hydrogen (secondary N) is 1. The highest BCUT2D eigenvalue weighted by Crippen LogP contribution is 2.40. The second kappa shape index (κ2) is 4.63. The first kappa shape index (κ1) is 11.1. The molecular formula is C12H16N2O2. The van der Waals surface area contributed by atoms with Gasteiger partial charge in [-0.15, -0.1) is 0 Å². The Bertz CT molecular complexity index is 367. The minimum absolute atomic E-state index is 0.174. The van der Waals surface area contributed by atoms with Crippen molar-refractivity contribution in [1.82, 2.24) is 5.32 Å². The molecule has 1 fully saturated rings. The van der Waals surface area contributed by atoms with Crippen LogP contribution < -0.4 is 11.1 Å². The summed E-state index contributed by atoms with van der Waals surface area (Å²) in [5, 5.41) is 11.6. The molecule has 4 heteroatoms. The third-order valence-electron chi connectivity index (χ3n) is 2.88. The van der Waals surface area contributed by atoms with E-state index in [0.717, 1.165) is 6.42 Å². The van der Waals surface area contributed by atoms with Crippen molar-refractivity contribution < 1.29 is 9.90 Å². The van der Waals surface area contributed by atoms with E-state index in [1.54, 1.807) is 0 Å². The Morgan fingerprint density at radius 1 is 1.50 bits per heavy atom. The highest BCUT2D eigenvalue weighted by Gasteiger charge is 2.39. The monoisotopic (exact) mass is 220 g/mol. The Hall–Kier alpha value is -1.39. The summed E-state index contributed by atoms with van der Waals surface area (Å²) in [6, 6.07) is 9.44. The molecular weight excluding hydrogens is 204 g/mol. The molecule has 1 saturated carbocycles. The fraction of sp³-hybridized carbons (Fsp3) is 0.417. The zero-order valence-electron chi connectivity index (χ0n) is 8.97. The molecule has 4 N–H and O–H groups in total. The lowest BCUT2D eigenvalue weighted by Crippen LogP contribution is -2.44. The summed E-state index contributed by atoms with van der Waals surface area (Å²) in [7, 11) is 0. The molecule has 0 unspecified atom stereocenters. The highest BCUT2D eigenvalue weighted by molar-refractivity contribution is 5.82. The minimum atomic E-state index is -0.808. The average molecular weight is 220 g/mol. The predicted molar refractivity (Wildman–Crippen MR) is 60.8 cm³/mol. The van der Waals surface area contributed by atoms with Gasteiger partial charge in [0.1, 0.15) is 6.04 Å². The topological polar surface area (TPSA) is 75.3 Å². The van der Waals surface area contributed by atoms with Gasteiger partial charge in [-0.05, 0) is 12.0 Å². The summed E-state index contributed by atoms with van der Waals surface area (Å²) in [6.45, 7) is -0.311. The van der Waals surface area contributed by atoms with Crippen molar-refractivity contribution in [2.75, 3.05) is 6.61 Å². The lowest BCUT2D eigenvalue weighted by atomic mass is 10.1. The third-order valence-corrected chi connectivity index (χ3v) is 2.88. The van der Waals surface area contributed by atoms with Crippen molar-refractivity contribution in [2.45, 2.75) is 24.4 Å². The van der Waals surface area contributed by atoms with Crippen LogP contribution in [0.2, 0.25) is 0 Å². The summed E-state index contributed by atoms with van der Waals surface area (Å²) in [6.07, 6.45) is 0.952. The number of aliphatic hydroxyl groups excluding tert-OH is 1. The molecule has 86 valence electrons. The number of rotatable bonds is 4. The number of amides is 1. The van der Waals surface area contributed by atoms with Gasteiger partial charge in [0, 0.05) is 12.0 Å². The molecule has 1 aliphatic rings. The normalized spacial score (nSPS) is 24.9. The van der Waals surface area contributed by atoms with E-state index in [2.05, 4.69) is 17.4 Å². The third kappa shape index (κ3) is 2.40. The fourth-order valence-corrected chi connectivity index (χ4v) is 1.80. The predicted octanol–water partition coefficient (Wildman–Crippen LogP) is -0.0217. The van der Waals surface area contributed by atoms with Gasteiger partial charge in [-0.2, -0.15) is 0 Å². The van der Waals surface area contributed by atoms with Crippen molar-refractivity contribution in [3.05, 3.63) is 35.9 Å². The molecule has 0 spiro atoms. The number of benzene rings is 1. The van der Waals surface area contributed by atoms with E-state index in [9.17, 15) is 4.79 Å². The van der Waals surface area contributed by atoms with Gasteiger partial charge < -0.3 is 16.2 Å². The van der Waals surface area contributed by atoms with E-state index >= 15 is 0 Å². The van der Waals surface area contributed by atoms with Crippen LogP contribution in [0.3, 0.4) is 0 Å². The Balaban J connectivity index is 1.86. The van der Waals surface area contributed by atoms with E-state index in [1.165, 1.54) is 5.56 Å². The second-order valence-electron chi connectivity index (χ2n) is 4.16. The lowest BCUT2D eigenvalue weighted by molar-refractivity contribution is -0.123. The van der Waals surface area contributed by atoms with Gasteiger partial charge in [0.25, 0.3) is 0 Å². The average Bonchev–Trinajstić information content (AvgIpc) is 3.08. The van der Waals surface area contributed by atoms with Crippen molar-refractivity contribution in [1.29, 1.82) is 0 Å². The Labute approximate surface area is 94.5 Å². The number of hydrogen-bond acceptors (Lipinski definition) is 3. The molecule has 3 atom stereocenters. The molecule has 1 aliphatic carbocycles. The largest absolute Gasteiger partial charge is 0.394 e. The Kier molecular flexibility index (Phi) is 3.22. The van der Waals surface area contributed by atoms with Crippen LogP contribution in [0.25, 0.3) is 0 Å². The van der Waals surface area contributed by atoms with Crippen molar-refractivity contribution in [2.24, 2.45) is 5.73 Å². The summed E-state index contributed by atoms with van der Waals surface area (Å²) in [5.74, 6) is 0.127. The van der Waals surface area contributed by atoms with E-state index in [4.69, 9.17) is 10.8 Å². The van der Waals surface area contributed by atoms with Crippen molar-refractivity contribution in [3.63, 3.8) is 0 Å². The van der Waals surface area contributed by atoms with Crippen LogP contribution in [-0.4, -0.2) is 29.7 Å². The van der Waals surface area contributed by atoms with Gasteiger partial charge in [0.2, 0.25) is 5.91 Å². The van der Waals surface area contributed by atoms with Crippen LogP contribution in [0.1, 0.15) is 17.9 Å². The van der Waals surface area contributed by atoms with Gasteiger partial charge in [-0.1, -0.05) is 30.3 Å². The fourth-order valence-electron chi connectivity index (χ4n) is 1.80. The van der Waals surface area contributed by atoms with E-state index in [-0.39, 0.29) is 18.6 Å². The van der Waals surface area contributed by atoms with Crippen LogP contribution in [0, 0.1) is 0 Å². The van der Waals surface area contributed by atoms with E-state index < -0.39 is 6.04 Å². The van der Waals surface area contributed by atoms with Gasteiger partial charge in [0.05, 0.1) is 6.61 Å². The first-order valence-electron chi connectivity index (χ1n) is 5.44. The van der Waals surface area contributed by atoms with Gasteiger partial charge in [0.15, 0.2) is 0 Å². The Morgan fingerprint density at radius 2 is 2.19 bits per heavy atom. The summed E-state index contributed by atoms with van der Waals surface area (Å²) < 4.78 is 0. The molecule has 1 amide bonds. The van der Waals surface area contributed by atoms with Gasteiger partial charge >= 0.3 is 0 Å². The van der Waals surface area contributed by atoms with E-state index in [1.807, 2.05) is 18.2 Å². The maximum Gasteiger partial charge on any atom is 0.239 e. The standard InChI is InChI=1S/C12H16N2O2/c13-10(7-15)12(16)14-11-6-9(11)8-4-2-1-3-5-8/h1-5,9-11,15H,6-7,13H2,(H,14,16)/t9-,10-,11+/m0/s1. The number of nitrogens with two attached hydrogens (primary N) is 1. The lowest BCUT2D eigenvalue weighted by Gasteiger charge is -2.09. The first-order valence-corrected chi connectivity index (χ1v) is 5.44. The van der Waals surface area contributed by atoms with Crippen LogP contribution >= 0.6 is 0 Å². The molecule has 4 nitrogen and oxygen atoms in total. The van der Waals surface area contributed by atoms with E-state index in [0.29, 0.717) is 5.92 Å². The zero-order chi connectivity index (χ0) is 11.5. The minimum Gasteiger partial charge on any atom is -0.394 e. The van der Waals surface area contributed by atoms with Crippen LogP contribution in [-0.2, 0) is 4.79 Å². The Morgan fingerprint density at radius 3 is 2.81 bits per heavy atom. The van der Waals surface area contributed by atoms with Gasteiger partial charge in [-0.3, -0.25) is 4.79 Å². The quantitative estimate of drug-likeness (QED) is 0.667. The molecule has 1 aromatic carbocycles. The van der Waals surface area contributed by atoms with Crippen molar-refractivity contribution in [3.8, 4) is 0 Å². The van der Waals surface area contributed by atoms with Crippen LogP contribution in [0.15, 0.2) is 30.3 Å². The maximum atomic E-state index is 11.4. The second-order valence-corrected chi connectivity index (χ2v) is 4.16. The smallest absolute Gasteiger partial charge is 0.239 e. The highest BCUT2D eigenvalue weighted by atomic mass is 16.3. The number of aliphatic hydroxyl groups is 1. The number of carbonyl (C=O) groups is 1. The molecule has 2 rings (SSSR count). The molecule has 1 aromatic rings. The molecule has 0 aromatic heterocycles. The number of hydrogen-bond donors (Lipinski definition) is 3. The molecule has 0 saturated heterocycles.